The zero-order valence-electron chi connectivity index (χ0n) is 15.4. The van der Waals surface area contributed by atoms with Gasteiger partial charge in [-0.3, -0.25) is 14.5 Å². The lowest BCUT2D eigenvalue weighted by molar-refractivity contribution is -0.154. The number of aliphatic imine (C=N–C) groups is 1. The Labute approximate surface area is 170 Å². The topological polar surface area (TPSA) is 110 Å². The Bertz CT molecular complexity index is 1070. The van der Waals surface area contributed by atoms with Crippen molar-refractivity contribution in [2.45, 2.75) is 24.0 Å². The van der Waals surface area contributed by atoms with Crippen LogP contribution in [0, 0.1) is 0 Å². The summed E-state index contributed by atoms with van der Waals surface area (Å²) in [6.45, 7) is -1.55. The Morgan fingerprint density at radius 3 is 2.73 bits per heavy atom. The number of benzene rings is 1. The molecule has 0 aliphatic carbocycles. The fraction of sp³-hybridized carbons (Fsp3) is 0.278. The molecule has 2 N–H and O–H groups in total. The number of alkyl halides is 3. The smallest absolute Gasteiger partial charge is 0.422 e. The van der Waals surface area contributed by atoms with Crippen molar-refractivity contribution in [3.63, 3.8) is 0 Å². The van der Waals surface area contributed by atoms with Crippen molar-refractivity contribution in [3.05, 3.63) is 53.7 Å². The molecule has 1 amide bonds. The summed E-state index contributed by atoms with van der Waals surface area (Å²) in [5.41, 5.74) is 0.721. The first-order valence-electron chi connectivity index (χ1n) is 8.72. The molecule has 3 rings (SSSR count). The van der Waals surface area contributed by atoms with Crippen LogP contribution in [0.4, 0.5) is 13.2 Å². The molecule has 0 radical (unpaired) electrons. The Balaban J connectivity index is 1.54. The molecule has 2 aromatic rings. The number of ether oxygens (including phenoxy) is 1. The molecule has 1 aromatic carbocycles. The Hall–Kier alpha value is -3.15. The summed E-state index contributed by atoms with van der Waals surface area (Å²) >= 11 is 0. The number of amides is 1. The molecule has 30 heavy (non-hydrogen) atoms. The SMILES string of the molecule is O=C(CCN=C1NS(=O)(=O)c2ccccc21)NCc1cccnc1OCC(F)(F)F. The van der Waals surface area contributed by atoms with Crippen molar-refractivity contribution in [2.75, 3.05) is 13.2 Å². The van der Waals surface area contributed by atoms with Crippen LogP contribution in [0.2, 0.25) is 0 Å². The lowest BCUT2D eigenvalue weighted by Crippen LogP contribution is -2.26. The number of rotatable bonds is 7. The normalized spacial score (nSPS) is 16.0. The number of carbonyl (C=O) groups is 1. The second kappa shape index (κ2) is 8.69. The van der Waals surface area contributed by atoms with Crippen molar-refractivity contribution in [1.82, 2.24) is 15.0 Å². The number of fused-ring (bicyclic) bond motifs is 1. The van der Waals surface area contributed by atoms with Crippen molar-refractivity contribution in [3.8, 4) is 5.88 Å². The van der Waals surface area contributed by atoms with Crippen LogP contribution in [0.1, 0.15) is 17.5 Å². The summed E-state index contributed by atoms with van der Waals surface area (Å²) in [4.78, 5) is 20.0. The van der Waals surface area contributed by atoms with E-state index in [1.807, 2.05) is 0 Å². The molecule has 1 aliphatic heterocycles. The lowest BCUT2D eigenvalue weighted by Gasteiger charge is -2.12. The molecular formula is C18H17F3N4O4S. The minimum absolute atomic E-state index is 0.0164. The predicted octanol–water partition coefficient (Wildman–Crippen LogP) is 1.77. The van der Waals surface area contributed by atoms with Crippen molar-refractivity contribution in [2.24, 2.45) is 4.99 Å². The third-order valence-electron chi connectivity index (χ3n) is 3.97. The number of aromatic nitrogens is 1. The quantitative estimate of drug-likeness (QED) is 0.679. The highest BCUT2D eigenvalue weighted by atomic mass is 32.2. The molecule has 0 bridgehead atoms. The van der Waals surface area contributed by atoms with Crippen LogP contribution in [0.15, 0.2) is 52.5 Å². The fourth-order valence-corrected chi connectivity index (χ4v) is 3.89. The maximum absolute atomic E-state index is 12.3. The van der Waals surface area contributed by atoms with Gasteiger partial charge in [0.15, 0.2) is 6.61 Å². The largest absolute Gasteiger partial charge is 0.468 e. The molecule has 0 unspecified atom stereocenters. The number of nitrogens with one attached hydrogen (secondary N) is 2. The summed E-state index contributed by atoms with van der Waals surface area (Å²) in [5.74, 6) is -0.472. The first-order chi connectivity index (χ1) is 14.2. The van der Waals surface area contributed by atoms with Crippen LogP contribution in [-0.2, 0) is 21.4 Å². The third kappa shape index (κ3) is 5.47. The minimum atomic E-state index is -4.50. The average molecular weight is 442 g/mol. The second-order valence-electron chi connectivity index (χ2n) is 6.23. The number of sulfonamides is 1. The zero-order chi connectivity index (χ0) is 21.8. The highest BCUT2D eigenvalue weighted by Crippen LogP contribution is 2.22. The van der Waals surface area contributed by atoms with Gasteiger partial charge in [-0.2, -0.15) is 13.2 Å². The van der Waals surface area contributed by atoms with E-state index in [9.17, 15) is 26.4 Å². The predicted molar refractivity (Wildman–Crippen MR) is 100 cm³/mol. The van der Waals surface area contributed by atoms with Gasteiger partial charge >= 0.3 is 6.18 Å². The van der Waals surface area contributed by atoms with Crippen molar-refractivity contribution < 1.29 is 31.1 Å². The van der Waals surface area contributed by atoms with Gasteiger partial charge in [0.1, 0.15) is 5.84 Å². The first-order valence-corrected chi connectivity index (χ1v) is 10.2. The van der Waals surface area contributed by atoms with E-state index < -0.39 is 28.7 Å². The van der Waals surface area contributed by atoms with E-state index in [1.54, 1.807) is 18.2 Å². The van der Waals surface area contributed by atoms with Crippen LogP contribution < -0.4 is 14.8 Å². The second-order valence-corrected chi connectivity index (χ2v) is 7.88. The summed E-state index contributed by atoms with van der Waals surface area (Å²) in [7, 11) is -3.65. The molecule has 8 nitrogen and oxygen atoms in total. The Morgan fingerprint density at radius 1 is 1.20 bits per heavy atom. The fourth-order valence-electron chi connectivity index (χ4n) is 2.64. The molecule has 2 heterocycles. The number of hydrogen-bond donors (Lipinski definition) is 2. The number of pyridine rings is 1. The maximum atomic E-state index is 12.3. The Morgan fingerprint density at radius 2 is 1.97 bits per heavy atom. The molecule has 0 saturated carbocycles. The van der Waals surface area contributed by atoms with E-state index in [-0.39, 0.29) is 36.1 Å². The molecule has 0 atom stereocenters. The number of halogens is 3. The van der Waals surface area contributed by atoms with E-state index in [1.165, 1.54) is 24.4 Å². The molecule has 160 valence electrons. The average Bonchev–Trinajstić information content (AvgIpc) is 2.95. The highest BCUT2D eigenvalue weighted by molar-refractivity contribution is 7.90. The molecular weight excluding hydrogens is 425 g/mol. The summed E-state index contributed by atoms with van der Waals surface area (Å²) in [6, 6.07) is 9.34. The van der Waals surface area contributed by atoms with Gasteiger partial charge in [0.25, 0.3) is 10.0 Å². The van der Waals surface area contributed by atoms with Crippen LogP contribution >= 0.6 is 0 Å². The first kappa shape index (κ1) is 21.6. The van der Waals surface area contributed by atoms with Crippen molar-refractivity contribution in [1.29, 1.82) is 0 Å². The molecule has 0 saturated heterocycles. The maximum Gasteiger partial charge on any atom is 0.422 e. The van der Waals surface area contributed by atoms with Gasteiger partial charge < -0.3 is 10.1 Å². The summed E-state index contributed by atoms with van der Waals surface area (Å²) in [6.07, 6.45) is -3.27. The zero-order valence-corrected chi connectivity index (χ0v) is 16.3. The molecule has 0 fully saturated rings. The molecule has 12 heteroatoms. The van der Waals surface area contributed by atoms with Crippen LogP contribution in [-0.4, -0.2) is 44.5 Å². The van der Waals surface area contributed by atoms with Gasteiger partial charge in [-0.05, 0) is 18.2 Å². The van der Waals surface area contributed by atoms with Crippen LogP contribution in [0.3, 0.4) is 0 Å². The number of amidine groups is 1. The van der Waals surface area contributed by atoms with E-state index in [2.05, 4.69) is 24.8 Å². The molecule has 0 spiro atoms. The monoisotopic (exact) mass is 442 g/mol. The van der Waals surface area contributed by atoms with Gasteiger partial charge in [-0.1, -0.05) is 18.2 Å². The van der Waals surface area contributed by atoms with E-state index in [0.29, 0.717) is 11.1 Å². The van der Waals surface area contributed by atoms with Crippen LogP contribution in [0.5, 0.6) is 5.88 Å². The number of nitrogens with zero attached hydrogens (tertiary/aromatic N) is 2. The van der Waals surface area contributed by atoms with E-state index in [0.717, 1.165) is 0 Å². The third-order valence-corrected chi connectivity index (χ3v) is 5.37. The minimum Gasteiger partial charge on any atom is -0.468 e. The van der Waals surface area contributed by atoms with Gasteiger partial charge in [-0.25, -0.2) is 13.4 Å². The van der Waals surface area contributed by atoms with Gasteiger partial charge in [0, 0.05) is 30.3 Å². The number of hydrogen-bond acceptors (Lipinski definition) is 6. The number of carbonyl (C=O) groups excluding carboxylic acids is 1. The van der Waals surface area contributed by atoms with Gasteiger partial charge in [0.2, 0.25) is 11.8 Å². The van der Waals surface area contributed by atoms with Crippen LogP contribution in [0.25, 0.3) is 0 Å². The summed E-state index contributed by atoms with van der Waals surface area (Å²) in [5, 5.41) is 2.55. The van der Waals surface area contributed by atoms with E-state index in [4.69, 9.17) is 0 Å². The highest BCUT2D eigenvalue weighted by Gasteiger charge is 2.30. The lowest BCUT2D eigenvalue weighted by atomic mass is 10.2. The molecule has 1 aromatic heterocycles. The Kier molecular flexibility index (Phi) is 6.25. The van der Waals surface area contributed by atoms with Crippen molar-refractivity contribution >= 4 is 21.8 Å². The van der Waals surface area contributed by atoms with E-state index >= 15 is 0 Å². The standard InChI is InChI=1S/C18H17F3N4O4S/c19-18(20,21)11-29-17-12(4-3-8-23-17)10-24-15(26)7-9-22-16-13-5-1-2-6-14(13)30(27,28)25-16/h1-6,8H,7,9-11H2,(H,22,25)(H,24,26). The van der Waals surface area contributed by atoms with Gasteiger partial charge in [0.05, 0.1) is 11.4 Å². The molecule has 1 aliphatic rings. The summed E-state index contributed by atoms with van der Waals surface area (Å²) < 4.78 is 68.0. The van der Waals surface area contributed by atoms with Gasteiger partial charge in [-0.15, -0.1) is 0 Å².